The topological polar surface area (TPSA) is 35.2 Å². The zero-order chi connectivity index (χ0) is 13.7. The molecule has 2 aromatic rings. The van der Waals surface area contributed by atoms with Crippen molar-refractivity contribution in [2.75, 3.05) is 7.11 Å². The molecule has 0 unspecified atom stereocenters. The average Bonchev–Trinajstić information content (AvgIpc) is 2.47. The minimum atomic E-state index is 0.492. The molecule has 0 saturated carbocycles. The summed E-state index contributed by atoms with van der Waals surface area (Å²) in [5.41, 5.74) is 10.6. The molecule has 2 rings (SSSR count). The molecule has 0 heterocycles. The zero-order valence-electron chi connectivity index (χ0n) is 11.6. The molecule has 0 aromatic heterocycles. The zero-order valence-corrected chi connectivity index (χ0v) is 11.6. The molecule has 100 valence electrons. The second kappa shape index (κ2) is 6.39. The van der Waals surface area contributed by atoms with Gasteiger partial charge in [0.15, 0.2) is 0 Å². The van der Waals surface area contributed by atoms with Crippen LogP contribution >= 0.6 is 0 Å². The number of rotatable bonds is 5. The van der Waals surface area contributed by atoms with Crippen molar-refractivity contribution in [2.45, 2.75) is 26.3 Å². The van der Waals surface area contributed by atoms with E-state index in [2.05, 4.69) is 43.3 Å². The average molecular weight is 255 g/mol. The monoisotopic (exact) mass is 255 g/mol. The van der Waals surface area contributed by atoms with Crippen molar-refractivity contribution in [3.05, 3.63) is 53.6 Å². The minimum absolute atomic E-state index is 0.492. The quantitative estimate of drug-likeness (QED) is 0.882. The van der Waals surface area contributed by atoms with Gasteiger partial charge in [0.25, 0.3) is 0 Å². The Bertz CT molecular complexity index is 549. The first kappa shape index (κ1) is 13.6. The van der Waals surface area contributed by atoms with Gasteiger partial charge in [0, 0.05) is 12.1 Å². The van der Waals surface area contributed by atoms with E-state index in [1.54, 1.807) is 7.11 Å². The van der Waals surface area contributed by atoms with Crippen LogP contribution in [-0.2, 0) is 13.0 Å². The smallest absolute Gasteiger partial charge is 0.123 e. The van der Waals surface area contributed by atoms with E-state index in [1.165, 1.54) is 23.1 Å². The summed E-state index contributed by atoms with van der Waals surface area (Å²) in [6, 6.07) is 14.9. The third-order valence-electron chi connectivity index (χ3n) is 3.30. The van der Waals surface area contributed by atoms with Crippen LogP contribution in [-0.4, -0.2) is 7.11 Å². The molecule has 19 heavy (non-hydrogen) atoms. The summed E-state index contributed by atoms with van der Waals surface area (Å²) in [4.78, 5) is 0. The van der Waals surface area contributed by atoms with Crippen LogP contribution in [0.1, 0.15) is 24.5 Å². The maximum absolute atomic E-state index is 5.77. The molecule has 0 aliphatic carbocycles. The Morgan fingerprint density at radius 3 is 2.53 bits per heavy atom. The highest BCUT2D eigenvalue weighted by Crippen LogP contribution is 2.27. The summed E-state index contributed by atoms with van der Waals surface area (Å²) < 4.78 is 5.31. The van der Waals surface area contributed by atoms with Gasteiger partial charge in [-0.25, -0.2) is 0 Å². The predicted octanol–water partition coefficient (Wildman–Crippen LogP) is 3.77. The van der Waals surface area contributed by atoms with Crippen molar-refractivity contribution in [1.82, 2.24) is 0 Å². The minimum Gasteiger partial charge on any atom is -0.496 e. The third-order valence-corrected chi connectivity index (χ3v) is 3.30. The molecular weight excluding hydrogens is 234 g/mol. The molecule has 0 spiro atoms. The number of methoxy groups -OCH3 is 1. The number of ether oxygens (including phenoxy) is 1. The predicted molar refractivity (Wildman–Crippen MR) is 80.3 cm³/mol. The molecule has 0 saturated heterocycles. The van der Waals surface area contributed by atoms with E-state index < -0.39 is 0 Å². The summed E-state index contributed by atoms with van der Waals surface area (Å²) >= 11 is 0. The van der Waals surface area contributed by atoms with Gasteiger partial charge in [-0.15, -0.1) is 0 Å². The second-order valence-electron chi connectivity index (χ2n) is 4.68. The molecule has 0 fully saturated rings. The molecule has 2 nitrogen and oxygen atoms in total. The Hall–Kier alpha value is -1.80. The Morgan fingerprint density at radius 1 is 1.05 bits per heavy atom. The Balaban J connectivity index is 2.38. The number of aryl methyl sites for hydroxylation is 1. The van der Waals surface area contributed by atoms with Crippen LogP contribution in [0.15, 0.2) is 42.5 Å². The highest BCUT2D eigenvalue weighted by molar-refractivity contribution is 5.66. The SMILES string of the molecule is CCCc1cccc(-c2ccc(OC)c(CN)c2)c1. The van der Waals surface area contributed by atoms with Gasteiger partial charge in [0.05, 0.1) is 7.11 Å². The van der Waals surface area contributed by atoms with Crippen LogP contribution in [0.3, 0.4) is 0 Å². The number of benzene rings is 2. The van der Waals surface area contributed by atoms with Gasteiger partial charge >= 0.3 is 0 Å². The van der Waals surface area contributed by atoms with Crippen molar-refractivity contribution in [3.63, 3.8) is 0 Å². The molecule has 2 N–H and O–H groups in total. The van der Waals surface area contributed by atoms with Crippen molar-refractivity contribution in [1.29, 1.82) is 0 Å². The van der Waals surface area contributed by atoms with Crippen molar-refractivity contribution < 1.29 is 4.74 Å². The van der Waals surface area contributed by atoms with E-state index in [0.717, 1.165) is 17.7 Å². The Labute approximate surface area is 115 Å². The normalized spacial score (nSPS) is 10.5. The van der Waals surface area contributed by atoms with Crippen molar-refractivity contribution in [3.8, 4) is 16.9 Å². The van der Waals surface area contributed by atoms with Crippen LogP contribution < -0.4 is 10.5 Å². The first-order valence-electron chi connectivity index (χ1n) is 6.74. The van der Waals surface area contributed by atoms with Crippen molar-refractivity contribution in [2.24, 2.45) is 5.73 Å². The van der Waals surface area contributed by atoms with E-state index in [4.69, 9.17) is 10.5 Å². The molecule has 2 heteroatoms. The maximum atomic E-state index is 5.77. The lowest BCUT2D eigenvalue weighted by Crippen LogP contribution is -2.00. The maximum Gasteiger partial charge on any atom is 0.123 e. The van der Waals surface area contributed by atoms with Gasteiger partial charge < -0.3 is 10.5 Å². The lowest BCUT2D eigenvalue weighted by atomic mass is 9.99. The molecule has 0 radical (unpaired) electrons. The van der Waals surface area contributed by atoms with Crippen LogP contribution in [0.4, 0.5) is 0 Å². The second-order valence-corrected chi connectivity index (χ2v) is 4.68. The van der Waals surface area contributed by atoms with Gasteiger partial charge in [-0.05, 0) is 35.2 Å². The fourth-order valence-electron chi connectivity index (χ4n) is 2.31. The van der Waals surface area contributed by atoms with Gasteiger partial charge in [-0.2, -0.15) is 0 Å². The van der Waals surface area contributed by atoms with Gasteiger partial charge in [0.1, 0.15) is 5.75 Å². The molecule has 0 atom stereocenters. The van der Waals surface area contributed by atoms with Crippen LogP contribution in [0.5, 0.6) is 5.75 Å². The lowest BCUT2D eigenvalue weighted by molar-refractivity contribution is 0.410. The van der Waals surface area contributed by atoms with E-state index in [1.807, 2.05) is 6.07 Å². The molecular formula is C17H21NO. The summed E-state index contributed by atoms with van der Waals surface area (Å²) in [5.74, 6) is 0.857. The highest BCUT2D eigenvalue weighted by atomic mass is 16.5. The molecule has 2 aromatic carbocycles. The van der Waals surface area contributed by atoms with Gasteiger partial charge in [0.2, 0.25) is 0 Å². The Kier molecular flexibility index (Phi) is 4.58. The molecule has 0 amide bonds. The van der Waals surface area contributed by atoms with E-state index >= 15 is 0 Å². The standard InChI is InChI=1S/C17H21NO/c1-3-5-13-6-4-7-14(10-13)15-8-9-17(19-2)16(11-15)12-18/h4,6-11H,3,5,12,18H2,1-2H3. The van der Waals surface area contributed by atoms with Gasteiger partial charge in [-0.1, -0.05) is 43.7 Å². The number of hydrogen-bond donors (Lipinski definition) is 1. The number of nitrogens with two attached hydrogens (primary N) is 1. The molecule has 0 bridgehead atoms. The summed E-state index contributed by atoms with van der Waals surface area (Å²) in [5, 5.41) is 0. The summed E-state index contributed by atoms with van der Waals surface area (Å²) in [6.07, 6.45) is 2.29. The van der Waals surface area contributed by atoms with Crippen LogP contribution in [0.2, 0.25) is 0 Å². The van der Waals surface area contributed by atoms with E-state index in [0.29, 0.717) is 6.54 Å². The fraction of sp³-hybridized carbons (Fsp3) is 0.294. The van der Waals surface area contributed by atoms with Crippen LogP contribution in [0, 0.1) is 0 Å². The van der Waals surface area contributed by atoms with E-state index in [9.17, 15) is 0 Å². The van der Waals surface area contributed by atoms with E-state index in [-0.39, 0.29) is 0 Å². The molecule has 0 aliphatic rings. The molecule has 0 aliphatic heterocycles. The largest absolute Gasteiger partial charge is 0.496 e. The first-order chi connectivity index (χ1) is 9.28. The van der Waals surface area contributed by atoms with Crippen LogP contribution in [0.25, 0.3) is 11.1 Å². The summed E-state index contributed by atoms with van der Waals surface area (Å²) in [6.45, 7) is 2.69. The third kappa shape index (κ3) is 3.15. The van der Waals surface area contributed by atoms with Crippen molar-refractivity contribution >= 4 is 0 Å². The van der Waals surface area contributed by atoms with Gasteiger partial charge in [-0.3, -0.25) is 0 Å². The highest BCUT2D eigenvalue weighted by Gasteiger charge is 2.05. The Morgan fingerprint density at radius 2 is 1.84 bits per heavy atom. The first-order valence-corrected chi connectivity index (χ1v) is 6.74. The number of hydrogen-bond acceptors (Lipinski definition) is 2. The fourth-order valence-corrected chi connectivity index (χ4v) is 2.31. The lowest BCUT2D eigenvalue weighted by Gasteiger charge is -2.10. The summed E-state index contributed by atoms with van der Waals surface area (Å²) in [7, 11) is 1.68.